The van der Waals surface area contributed by atoms with E-state index >= 15 is 0 Å². The first-order valence-corrected chi connectivity index (χ1v) is 14.9. The summed E-state index contributed by atoms with van der Waals surface area (Å²) in [4.78, 5) is 0. The van der Waals surface area contributed by atoms with Gasteiger partial charge in [0.2, 0.25) is 0 Å². The standard InChI is InChI=1S/C24H35O2PSi/c1-24(2,3)28(4,5)26-20-14-6-7-15-21-27(25,22-16-10-8-11-17-22)23-18-12-9-13-19-23/h8-13,15-19,21H,6-7,14,20H2,1-5H3/b21-15+. The highest BCUT2D eigenvalue weighted by Crippen LogP contribution is 2.45. The topological polar surface area (TPSA) is 26.3 Å². The van der Waals surface area contributed by atoms with Crippen LogP contribution in [0.3, 0.4) is 0 Å². The lowest BCUT2D eigenvalue weighted by Gasteiger charge is -2.36. The van der Waals surface area contributed by atoms with Gasteiger partial charge < -0.3 is 8.99 Å². The minimum Gasteiger partial charge on any atom is -0.417 e. The van der Waals surface area contributed by atoms with Crippen molar-refractivity contribution in [2.24, 2.45) is 0 Å². The van der Waals surface area contributed by atoms with Crippen molar-refractivity contribution < 1.29 is 8.99 Å². The third-order valence-electron chi connectivity index (χ3n) is 5.63. The Morgan fingerprint density at radius 3 is 1.86 bits per heavy atom. The summed E-state index contributed by atoms with van der Waals surface area (Å²) in [6.45, 7) is 12.2. The van der Waals surface area contributed by atoms with Gasteiger partial charge in [0, 0.05) is 17.2 Å². The predicted molar refractivity (Wildman–Crippen MR) is 126 cm³/mol. The average Bonchev–Trinajstić information content (AvgIpc) is 2.67. The second-order valence-corrected chi connectivity index (χ2v) is 16.3. The van der Waals surface area contributed by atoms with Crippen LogP contribution < -0.4 is 10.6 Å². The van der Waals surface area contributed by atoms with Crippen LogP contribution in [0, 0.1) is 0 Å². The number of benzene rings is 2. The highest BCUT2D eigenvalue weighted by molar-refractivity contribution is 7.81. The SMILES string of the molecule is CC(C)(C)[Si](C)(C)OCCCC/C=C/P(=O)(c1ccccc1)c1ccccc1. The molecule has 0 aromatic heterocycles. The fraction of sp³-hybridized carbons (Fsp3) is 0.417. The van der Waals surface area contributed by atoms with Gasteiger partial charge in [-0.25, -0.2) is 0 Å². The van der Waals surface area contributed by atoms with Crippen LogP contribution in [0.25, 0.3) is 0 Å². The zero-order valence-electron chi connectivity index (χ0n) is 18.0. The minimum atomic E-state index is -2.73. The molecule has 28 heavy (non-hydrogen) atoms. The van der Waals surface area contributed by atoms with Crippen molar-refractivity contribution in [1.29, 1.82) is 0 Å². The van der Waals surface area contributed by atoms with Crippen LogP contribution in [0.2, 0.25) is 18.1 Å². The van der Waals surface area contributed by atoms with E-state index in [1.54, 1.807) is 0 Å². The van der Waals surface area contributed by atoms with E-state index < -0.39 is 15.5 Å². The first kappa shape index (κ1) is 22.9. The quantitative estimate of drug-likeness (QED) is 0.259. The number of hydrogen-bond acceptors (Lipinski definition) is 2. The highest BCUT2D eigenvalue weighted by Gasteiger charge is 2.36. The van der Waals surface area contributed by atoms with Crippen molar-refractivity contribution in [2.45, 2.75) is 58.2 Å². The maximum atomic E-state index is 13.8. The van der Waals surface area contributed by atoms with E-state index in [2.05, 4.69) is 39.9 Å². The summed E-state index contributed by atoms with van der Waals surface area (Å²) in [6, 6.07) is 19.6. The molecule has 0 saturated heterocycles. The van der Waals surface area contributed by atoms with Crippen molar-refractivity contribution in [3.63, 3.8) is 0 Å². The second kappa shape index (κ2) is 9.87. The molecule has 2 aromatic rings. The highest BCUT2D eigenvalue weighted by atomic mass is 31.2. The largest absolute Gasteiger partial charge is 0.417 e. The summed E-state index contributed by atoms with van der Waals surface area (Å²) in [5, 5.41) is 2.03. The van der Waals surface area contributed by atoms with Crippen LogP contribution in [0.4, 0.5) is 0 Å². The van der Waals surface area contributed by atoms with Crippen LogP contribution in [0.15, 0.2) is 72.6 Å². The molecular formula is C24H35O2PSi. The summed E-state index contributed by atoms with van der Waals surface area (Å²) < 4.78 is 20.1. The molecule has 0 N–H and O–H groups in total. The van der Waals surface area contributed by atoms with Crippen LogP contribution >= 0.6 is 7.14 Å². The smallest absolute Gasteiger partial charge is 0.191 e. The molecule has 2 rings (SSSR count). The molecule has 152 valence electrons. The lowest BCUT2D eigenvalue weighted by atomic mass is 10.2. The van der Waals surface area contributed by atoms with Gasteiger partial charge in [-0.1, -0.05) is 87.5 Å². The van der Waals surface area contributed by atoms with Crippen LogP contribution in [0.1, 0.15) is 40.0 Å². The molecule has 0 fully saturated rings. The molecule has 0 bridgehead atoms. The second-order valence-electron chi connectivity index (χ2n) is 8.82. The zero-order valence-corrected chi connectivity index (χ0v) is 19.9. The number of hydrogen-bond donors (Lipinski definition) is 0. The molecule has 2 aromatic carbocycles. The lowest BCUT2D eigenvalue weighted by molar-refractivity contribution is 0.279. The number of rotatable bonds is 9. The maximum absolute atomic E-state index is 13.8. The van der Waals surface area contributed by atoms with Gasteiger partial charge in [0.15, 0.2) is 15.5 Å². The Bertz CT molecular complexity index is 749. The molecule has 0 spiro atoms. The fourth-order valence-electron chi connectivity index (χ4n) is 2.75. The third kappa shape index (κ3) is 6.04. The molecule has 0 heterocycles. The Morgan fingerprint density at radius 2 is 1.39 bits per heavy atom. The Kier molecular flexibility index (Phi) is 8.06. The monoisotopic (exact) mass is 414 g/mol. The molecule has 0 aliphatic heterocycles. The summed E-state index contributed by atoms with van der Waals surface area (Å²) in [5.41, 5.74) is 0. The third-order valence-corrected chi connectivity index (χ3v) is 12.9. The summed E-state index contributed by atoms with van der Waals surface area (Å²) in [5.74, 6) is 1.94. The molecule has 2 nitrogen and oxygen atoms in total. The van der Waals surface area contributed by atoms with E-state index in [4.69, 9.17) is 4.43 Å². The summed E-state index contributed by atoms with van der Waals surface area (Å²) in [6.07, 6.45) is 5.10. The van der Waals surface area contributed by atoms with Gasteiger partial charge in [0.25, 0.3) is 0 Å². The van der Waals surface area contributed by atoms with Crippen molar-refractivity contribution in [3.05, 3.63) is 72.6 Å². The van der Waals surface area contributed by atoms with Crippen molar-refractivity contribution in [3.8, 4) is 0 Å². The fourth-order valence-corrected chi connectivity index (χ4v) is 6.16. The van der Waals surface area contributed by atoms with Crippen molar-refractivity contribution in [1.82, 2.24) is 0 Å². The van der Waals surface area contributed by atoms with E-state index in [1.165, 1.54) is 0 Å². The molecule has 0 saturated carbocycles. The van der Waals surface area contributed by atoms with Gasteiger partial charge in [-0.3, -0.25) is 0 Å². The molecule has 0 radical (unpaired) electrons. The normalized spacial score (nSPS) is 13.2. The van der Waals surface area contributed by atoms with E-state index in [9.17, 15) is 4.57 Å². The Balaban J connectivity index is 1.95. The Hall–Kier alpha value is -1.41. The van der Waals surface area contributed by atoms with Gasteiger partial charge in [-0.15, -0.1) is 0 Å². The molecule has 0 atom stereocenters. The van der Waals surface area contributed by atoms with Gasteiger partial charge in [0.1, 0.15) is 0 Å². The molecule has 4 heteroatoms. The van der Waals surface area contributed by atoms with E-state index in [0.29, 0.717) is 0 Å². The number of allylic oxidation sites excluding steroid dienone is 1. The van der Waals surface area contributed by atoms with Gasteiger partial charge in [-0.2, -0.15) is 0 Å². The van der Waals surface area contributed by atoms with Crippen LogP contribution in [-0.2, 0) is 8.99 Å². The molecule has 0 aliphatic carbocycles. The molecule has 0 amide bonds. The van der Waals surface area contributed by atoms with Crippen molar-refractivity contribution >= 4 is 26.1 Å². The first-order valence-electron chi connectivity index (χ1n) is 10.2. The van der Waals surface area contributed by atoms with Crippen LogP contribution in [0.5, 0.6) is 0 Å². The van der Waals surface area contributed by atoms with E-state index in [0.717, 1.165) is 36.5 Å². The van der Waals surface area contributed by atoms with Gasteiger partial charge >= 0.3 is 0 Å². The minimum absolute atomic E-state index is 0.255. The first-order chi connectivity index (χ1) is 13.2. The summed E-state index contributed by atoms with van der Waals surface area (Å²) in [7, 11) is -4.39. The number of unbranched alkanes of at least 4 members (excludes halogenated alkanes) is 2. The molecule has 0 unspecified atom stereocenters. The predicted octanol–water partition coefficient (Wildman–Crippen LogP) is 6.71. The van der Waals surface area contributed by atoms with Gasteiger partial charge in [-0.05, 0) is 43.2 Å². The van der Waals surface area contributed by atoms with E-state index in [1.807, 2.05) is 66.5 Å². The summed E-state index contributed by atoms with van der Waals surface area (Å²) >= 11 is 0. The maximum Gasteiger partial charge on any atom is 0.191 e. The lowest BCUT2D eigenvalue weighted by Crippen LogP contribution is -2.40. The molecular weight excluding hydrogens is 379 g/mol. The Morgan fingerprint density at radius 1 is 0.893 bits per heavy atom. The van der Waals surface area contributed by atoms with Crippen LogP contribution in [-0.4, -0.2) is 14.9 Å². The van der Waals surface area contributed by atoms with Crippen molar-refractivity contribution in [2.75, 3.05) is 6.61 Å². The molecule has 0 aliphatic rings. The average molecular weight is 415 g/mol. The zero-order chi connectivity index (χ0) is 20.7. The Labute approximate surface area is 172 Å². The van der Waals surface area contributed by atoms with E-state index in [-0.39, 0.29) is 5.04 Å². The van der Waals surface area contributed by atoms with Gasteiger partial charge in [0.05, 0.1) is 0 Å².